The first-order valence-electron chi connectivity index (χ1n) is 8.20. The summed E-state index contributed by atoms with van der Waals surface area (Å²) in [5.74, 6) is -0.345. The van der Waals surface area contributed by atoms with Crippen molar-refractivity contribution >= 4 is 0 Å². The van der Waals surface area contributed by atoms with Crippen LogP contribution in [0.25, 0.3) is 0 Å². The zero-order valence-electron chi connectivity index (χ0n) is 14.8. The highest BCUT2D eigenvalue weighted by Gasteiger charge is 2.22. The van der Waals surface area contributed by atoms with Gasteiger partial charge in [-0.1, -0.05) is 30.3 Å². The van der Waals surface area contributed by atoms with Crippen molar-refractivity contribution < 1.29 is 15.3 Å². The molecule has 2 aromatic rings. The first-order valence-corrected chi connectivity index (χ1v) is 8.20. The monoisotopic (exact) mass is 329 g/mol. The van der Waals surface area contributed by atoms with Crippen LogP contribution in [0.4, 0.5) is 0 Å². The second-order valence-electron chi connectivity index (χ2n) is 7.03. The normalized spacial score (nSPS) is 13.0. The van der Waals surface area contributed by atoms with E-state index in [9.17, 15) is 15.3 Å². The van der Waals surface area contributed by atoms with E-state index in [1.165, 1.54) is 17.2 Å². The highest BCUT2D eigenvalue weighted by molar-refractivity contribution is 5.48. The van der Waals surface area contributed by atoms with Gasteiger partial charge in [0.15, 0.2) is 11.5 Å². The van der Waals surface area contributed by atoms with Gasteiger partial charge in [-0.2, -0.15) is 0 Å². The van der Waals surface area contributed by atoms with Gasteiger partial charge < -0.3 is 20.6 Å². The molecular weight excluding hydrogens is 302 g/mol. The molecule has 1 atom stereocenters. The van der Waals surface area contributed by atoms with Crippen molar-refractivity contribution in [3.63, 3.8) is 0 Å². The summed E-state index contributed by atoms with van der Waals surface area (Å²) in [6, 6.07) is 11.3. The first-order chi connectivity index (χ1) is 11.2. The van der Waals surface area contributed by atoms with Crippen molar-refractivity contribution in [2.45, 2.75) is 45.8 Å². The van der Waals surface area contributed by atoms with Gasteiger partial charge in [0.05, 0.1) is 6.10 Å². The van der Waals surface area contributed by atoms with Gasteiger partial charge in [0, 0.05) is 17.6 Å². The summed E-state index contributed by atoms with van der Waals surface area (Å²) < 4.78 is 0. The third kappa shape index (κ3) is 4.28. The molecule has 0 radical (unpaired) electrons. The molecule has 0 aliphatic rings. The first kappa shape index (κ1) is 18.3. The minimum atomic E-state index is -0.757. The SMILES string of the molecule is Cc1ccccc1CC(C)(C)NCC(O)c1ccc(O)c(O)c1C. The van der Waals surface area contributed by atoms with Crippen molar-refractivity contribution in [1.82, 2.24) is 5.32 Å². The highest BCUT2D eigenvalue weighted by Crippen LogP contribution is 2.33. The van der Waals surface area contributed by atoms with Gasteiger partial charge in [-0.05, 0) is 56.9 Å². The van der Waals surface area contributed by atoms with E-state index < -0.39 is 6.10 Å². The van der Waals surface area contributed by atoms with Gasteiger partial charge in [0.1, 0.15) is 0 Å². The van der Waals surface area contributed by atoms with Crippen LogP contribution < -0.4 is 5.32 Å². The predicted octanol–water partition coefficient (Wildman–Crippen LogP) is 3.36. The van der Waals surface area contributed by atoms with Crippen LogP contribution in [0.5, 0.6) is 11.5 Å². The lowest BCUT2D eigenvalue weighted by atomic mass is 9.92. The lowest BCUT2D eigenvalue weighted by Gasteiger charge is -2.29. The molecule has 0 amide bonds. The molecular formula is C20H27NO3. The van der Waals surface area contributed by atoms with Crippen LogP contribution in [-0.2, 0) is 6.42 Å². The quantitative estimate of drug-likeness (QED) is 0.613. The number of aromatic hydroxyl groups is 2. The number of β-amino-alcohol motifs (C(OH)–C–C–N with tert-alkyl or cyclic N) is 1. The fraction of sp³-hybridized carbons (Fsp3) is 0.400. The van der Waals surface area contributed by atoms with Crippen LogP contribution in [0, 0.1) is 13.8 Å². The second-order valence-corrected chi connectivity index (χ2v) is 7.03. The summed E-state index contributed by atoms with van der Waals surface area (Å²) in [5.41, 5.74) is 3.47. The average Bonchev–Trinajstić information content (AvgIpc) is 2.53. The summed E-state index contributed by atoms with van der Waals surface area (Å²) in [4.78, 5) is 0. The van der Waals surface area contributed by atoms with E-state index in [4.69, 9.17) is 0 Å². The minimum absolute atomic E-state index is 0.170. The Balaban J connectivity index is 2.04. The van der Waals surface area contributed by atoms with Crippen molar-refractivity contribution in [1.29, 1.82) is 0 Å². The van der Waals surface area contributed by atoms with Crippen LogP contribution in [0.3, 0.4) is 0 Å². The van der Waals surface area contributed by atoms with Gasteiger partial charge in [-0.3, -0.25) is 0 Å². The van der Waals surface area contributed by atoms with Gasteiger partial charge in [0.25, 0.3) is 0 Å². The molecule has 4 heteroatoms. The number of aliphatic hydroxyl groups is 1. The van der Waals surface area contributed by atoms with Crippen molar-refractivity contribution in [3.8, 4) is 11.5 Å². The predicted molar refractivity (Wildman–Crippen MR) is 96.4 cm³/mol. The van der Waals surface area contributed by atoms with E-state index >= 15 is 0 Å². The van der Waals surface area contributed by atoms with Crippen LogP contribution in [0.15, 0.2) is 36.4 Å². The van der Waals surface area contributed by atoms with Gasteiger partial charge in [-0.25, -0.2) is 0 Å². The van der Waals surface area contributed by atoms with Crippen LogP contribution in [0.2, 0.25) is 0 Å². The van der Waals surface area contributed by atoms with Gasteiger partial charge >= 0.3 is 0 Å². The Morgan fingerprint density at radius 2 is 1.71 bits per heavy atom. The number of aliphatic hydroxyl groups excluding tert-OH is 1. The molecule has 0 aliphatic heterocycles. The van der Waals surface area contributed by atoms with Crippen molar-refractivity contribution in [2.75, 3.05) is 6.54 Å². The molecule has 0 heterocycles. The number of aryl methyl sites for hydroxylation is 1. The van der Waals surface area contributed by atoms with E-state index in [0.29, 0.717) is 17.7 Å². The summed E-state index contributed by atoms with van der Waals surface area (Å²) in [6.07, 6.45) is 0.0966. The smallest absolute Gasteiger partial charge is 0.160 e. The summed E-state index contributed by atoms with van der Waals surface area (Å²) >= 11 is 0. The third-order valence-corrected chi connectivity index (χ3v) is 4.48. The number of phenols is 2. The third-order valence-electron chi connectivity index (χ3n) is 4.48. The molecule has 0 aliphatic carbocycles. The molecule has 0 aromatic heterocycles. The summed E-state index contributed by atoms with van der Waals surface area (Å²) in [5, 5.41) is 33.2. The number of nitrogens with one attached hydrogen (secondary N) is 1. The van der Waals surface area contributed by atoms with E-state index in [0.717, 1.165) is 6.42 Å². The van der Waals surface area contributed by atoms with Crippen molar-refractivity contribution in [3.05, 3.63) is 58.7 Å². The topological polar surface area (TPSA) is 72.7 Å². The van der Waals surface area contributed by atoms with Crippen molar-refractivity contribution in [2.24, 2.45) is 0 Å². The number of phenolic OH excluding ortho intramolecular Hbond substituents is 2. The fourth-order valence-corrected chi connectivity index (χ4v) is 2.89. The average molecular weight is 329 g/mol. The molecule has 24 heavy (non-hydrogen) atoms. The van der Waals surface area contributed by atoms with Gasteiger partial charge in [-0.15, -0.1) is 0 Å². The maximum absolute atomic E-state index is 10.4. The Hall–Kier alpha value is -2.04. The maximum atomic E-state index is 10.4. The zero-order valence-corrected chi connectivity index (χ0v) is 14.8. The molecule has 0 spiro atoms. The minimum Gasteiger partial charge on any atom is -0.504 e. The van der Waals surface area contributed by atoms with Crippen LogP contribution in [0.1, 0.15) is 42.2 Å². The highest BCUT2D eigenvalue weighted by atomic mass is 16.3. The standard InChI is InChI=1S/C20H27NO3/c1-13-7-5-6-8-15(13)11-20(3,4)21-12-18(23)16-9-10-17(22)19(24)14(16)2/h5-10,18,21-24H,11-12H2,1-4H3. The fourth-order valence-electron chi connectivity index (χ4n) is 2.89. The molecule has 2 aromatic carbocycles. The molecule has 2 rings (SSSR count). The van der Waals surface area contributed by atoms with Crippen LogP contribution >= 0.6 is 0 Å². The molecule has 0 saturated carbocycles. The van der Waals surface area contributed by atoms with E-state index in [1.54, 1.807) is 13.0 Å². The number of hydrogen-bond donors (Lipinski definition) is 4. The van der Waals surface area contributed by atoms with E-state index in [1.807, 2.05) is 12.1 Å². The Kier molecular flexibility index (Phi) is 5.52. The summed E-state index contributed by atoms with van der Waals surface area (Å²) in [7, 11) is 0. The van der Waals surface area contributed by atoms with Crippen LogP contribution in [-0.4, -0.2) is 27.4 Å². The molecule has 130 valence electrons. The molecule has 0 fully saturated rings. The Morgan fingerprint density at radius 1 is 1.04 bits per heavy atom. The number of hydrogen-bond acceptors (Lipinski definition) is 4. The summed E-state index contributed by atoms with van der Waals surface area (Å²) in [6.45, 7) is 8.36. The Morgan fingerprint density at radius 3 is 2.38 bits per heavy atom. The van der Waals surface area contributed by atoms with Gasteiger partial charge in [0.2, 0.25) is 0 Å². The maximum Gasteiger partial charge on any atom is 0.160 e. The molecule has 0 saturated heterocycles. The molecule has 0 bridgehead atoms. The lowest BCUT2D eigenvalue weighted by Crippen LogP contribution is -2.43. The largest absolute Gasteiger partial charge is 0.504 e. The van der Waals surface area contributed by atoms with E-state index in [2.05, 4.69) is 38.2 Å². The zero-order chi connectivity index (χ0) is 17.9. The molecule has 1 unspecified atom stereocenters. The number of benzene rings is 2. The lowest BCUT2D eigenvalue weighted by molar-refractivity contribution is 0.159. The Bertz CT molecular complexity index is 710. The molecule has 4 nitrogen and oxygen atoms in total. The molecule has 4 N–H and O–H groups in total. The Labute approximate surface area is 143 Å². The second kappa shape index (κ2) is 7.24. The number of rotatable bonds is 6. The van der Waals surface area contributed by atoms with E-state index in [-0.39, 0.29) is 17.0 Å².